The quantitative estimate of drug-likeness (QED) is 0.928. The van der Waals surface area contributed by atoms with E-state index in [1.54, 1.807) is 14.2 Å². The molecule has 1 aliphatic rings. The number of hydrogen-bond donors (Lipinski definition) is 1. The molecular weight excluding hydrogens is 252 g/mol. The van der Waals surface area contributed by atoms with Crippen molar-refractivity contribution in [2.45, 2.75) is 31.4 Å². The highest BCUT2D eigenvalue weighted by Crippen LogP contribution is 2.31. The van der Waals surface area contributed by atoms with Gasteiger partial charge in [-0.1, -0.05) is 12.1 Å². The summed E-state index contributed by atoms with van der Waals surface area (Å²) in [5, 5.41) is 5.75. The maximum Gasteiger partial charge on any atom is 0.134 e. The van der Waals surface area contributed by atoms with E-state index in [0.29, 0.717) is 12.1 Å². The van der Waals surface area contributed by atoms with Gasteiger partial charge in [0.05, 0.1) is 13.2 Å². The minimum absolute atomic E-state index is 0.372. The van der Waals surface area contributed by atoms with Gasteiger partial charge in [-0.3, -0.25) is 0 Å². The highest BCUT2D eigenvalue weighted by molar-refractivity contribution is 5.95. The lowest BCUT2D eigenvalue weighted by molar-refractivity contribution is 0.108. The molecule has 0 saturated heterocycles. The molecule has 0 bridgehead atoms. The first-order valence-electron chi connectivity index (χ1n) is 7.03. The van der Waals surface area contributed by atoms with Gasteiger partial charge in [0.1, 0.15) is 11.6 Å². The molecule has 0 aliphatic heterocycles. The Morgan fingerprint density at radius 1 is 1.15 bits per heavy atom. The number of ether oxygens (including phenoxy) is 2. The summed E-state index contributed by atoms with van der Waals surface area (Å²) in [6.07, 6.45) is 5.48. The lowest BCUT2D eigenvalue weighted by atomic mass is 10.1. The van der Waals surface area contributed by atoms with Gasteiger partial charge in [-0.15, -0.1) is 0 Å². The molecule has 3 rings (SSSR count). The van der Waals surface area contributed by atoms with Gasteiger partial charge < -0.3 is 14.8 Å². The third-order valence-corrected chi connectivity index (χ3v) is 4.04. The molecule has 0 radical (unpaired) electrons. The zero-order chi connectivity index (χ0) is 13.9. The van der Waals surface area contributed by atoms with Gasteiger partial charge >= 0.3 is 0 Å². The fraction of sp³-hybridized carbons (Fsp3) is 0.438. The van der Waals surface area contributed by atoms with E-state index < -0.39 is 0 Å². The number of rotatable bonds is 4. The van der Waals surface area contributed by atoms with Gasteiger partial charge in [0.25, 0.3) is 0 Å². The number of benzene rings is 1. The van der Waals surface area contributed by atoms with Crippen molar-refractivity contribution in [3.8, 4) is 5.75 Å². The van der Waals surface area contributed by atoms with Crippen LogP contribution in [0.25, 0.3) is 10.8 Å². The average Bonchev–Trinajstić information content (AvgIpc) is 2.95. The number of aromatic nitrogens is 1. The Hall–Kier alpha value is -1.81. The van der Waals surface area contributed by atoms with E-state index in [2.05, 4.69) is 16.4 Å². The lowest BCUT2D eigenvalue weighted by Gasteiger charge is -2.16. The number of anilines is 1. The molecule has 1 saturated carbocycles. The van der Waals surface area contributed by atoms with Gasteiger partial charge in [-0.25, -0.2) is 4.98 Å². The number of methoxy groups -OCH3 is 2. The second-order valence-corrected chi connectivity index (χ2v) is 5.23. The molecule has 1 aliphatic carbocycles. The van der Waals surface area contributed by atoms with Crippen molar-refractivity contribution in [3.63, 3.8) is 0 Å². The highest BCUT2D eigenvalue weighted by atomic mass is 16.5. The molecule has 0 amide bonds. The third kappa shape index (κ3) is 2.43. The van der Waals surface area contributed by atoms with Crippen LogP contribution >= 0.6 is 0 Å². The number of pyridine rings is 1. The summed E-state index contributed by atoms with van der Waals surface area (Å²) in [5.41, 5.74) is 0. The molecule has 2 unspecified atom stereocenters. The van der Waals surface area contributed by atoms with Gasteiger partial charge in [0.15, 0.2) is 0 Å². The third-order valence-electron chi connectivity index (χ3n) is 4.04. The molecule has 4 heteroatoms. The van der Waals surface area contributed by atoms with Gasteiger partial charge in [0, 0.05) is 30.1 Å². The van der Waals surface area contributed by atoms with Crippen molar-refractivity contribution in [2.24, 2.45) is 0 Å². The number of fused-ring (bicyclic) bond motifs is 1. The van der Waals surface area contributed by atoms with Gasteiger partial charge in [-0.05, 0) is 31.4 Å². The van der Waals surface area contributed by atoms with E-state index in [-0.39, 0.29) is 0 Å². The summed E-state index contributed by atoms with van der Waals surface area (Å²) in [4.78, 5) is 4.49. The second kappa shape index (κ2) is 5.67. The van der Waals surface area contributed by atoms with E-state index in [4.69, 9.17) is 9.47 Å². The monoisotopic (exact) mass is 272 g/mol. The first-order valence-corrected chi connectivity index (χ1v) is 7.03. The zero-order valence-electron chi connectivity index (χ0n) is 11.9. The molecule has 1 aromatic heterocycles. The molecule has 2 aromatic rings. The molecule has 1 heterocycles. The molecule has 1 fully saturated rings. The minimum Gasteiger partial charge on any atom is -0.496 e. The molecular formula is C16H20N2O2. The van der Waals surface area contributed by atoms with Crippen LogP contribution in [0.15, 0.2) is 30.5 Å². The predicted molar refractivity (Wildman–Crippen MR) is 80.4 cm³/mol. The van der Waals surface area contributed by atoms with Crippen LogP contribution < -0.4 is 10.1 Å². The average molecular weight is 272 g/mol. The summed E-state index contributed by atoms with van der Waals surface area (Å²) in [5.74, 6) is 1.82. The fourth-order valence-electron chi connectivity index (χ4n) is 2.95. The summed E-state index contributed by atoms with van der Waals surface area (Å²) in [7, 11) is 3.48. The SMILES string of the molecule is COc1cccc2c(NC3CCC(OC)C3)nccc12. The van der Waals surface area contributed by atoms with Crippen molar-refractivity contribution < 1.29 is 9.47 Å². The largest absolute Gasteiger partial charge is 0.496 e. The number of hydrogen-bond acceptors (Lipinski definition) is 4. The molecule has 2 atom stereocenters. The Kier molecular flexibility index (Phi) is 3.74. The van der Waals surface area contributed by atoms with Crippen molar-refractivity contribution in [3.05, 3.63) is 30.5 Å². The molecule has 1 N–H and O–H groups in total. The van der Waals surface area contributed by atoms with Crippen molar-refractivity contribution in [1.82, 2.24) is 4.98 Å². The van der Waals surface area contributed by atoms with E-state index in [1.165, 1.54) is 0 Å². The minimum atomic E-state index is 0.372. The van der Waals surface area contributed by atoms with Crippen LogP contribution in [0.1, 0.15) is 19.3 Å². The van der Waals surface area contributed by atoms with Crippen LogP contribution in [0.4, 0.5) is 5.82 Å². The van der Waals surface area contributed by atoms with E-state index in [0.717, 1.165) is 41.6 Å². The van der Waals surface area contributed by atoms with Crippen molar-refractivity contribution in [2.75, 3.05) is 19.5 Å². The van der Waals surface area contributed by atoms with Crippen molar-refractivity contribution >= 4 is 16.6 Å². The van der Waals surface area contributed by atoms with E-state index in [9.17, 15) is 0 Å². The summed E-state index contributed by atoms with van der Waals surface area (Å²) < 4.78 is 10.8. The normalized spacial score (nSPS) is 22.1. The fourth-order valence-corrected chi connectivity index (χ4v) is 2.95. The highest BCUT2D eigenvalue weighted by Gasteiger charge is 2.24. The van der Waals surface area contributed by atoms with E-state index >= 15 is 0 Å². The Morgan fingerprint density at radius 2 is 2.05 bits per heavy atom. The second-order valence-electron chi connectivity index (χ2n) is 5.23. The summed E-state index contributed by atoms with van der Waals surface area (Å²) in [6.45, 7) is 0. The standard InChI is InChI=1S/C16H20N2O2/c1-19-12-7-6-11(10-12)18-16-14-4-3-5-15(20-2)13(14)8-9-17-16/h3-5,8-9,11-12H,6-7,10H2,1-2H3,(H,17,18). The van der Waals surface area contributed by atoms with Crippen LogP contribution in [-0.2, 0) is 4.74 Å². The number of nitrogens with zero attached hydrogens (tertiary/aromatic N) is 1. The maximum atomic E-state index is 5.42. The summed E-state index contributed by atoms with van der Waals surface area (Å²) in [6, 6.07) is 8.48. The predicted octanol–water partition coefficient (Wildman–Crippen LogP) is 3.22. The molecule has 106 valence electrons. The molecule has 0 spiro atoms. The van der Waals surface area contributed by atoms with Crippen LogP contribution in [0.2, 0.25) is 0 Å². The Bertz CT molecular complexity index is 600. The topological polar surface area (TPSA) is 43.4 Å². The summed E-state index contributed by atoms with van der Waals surface area (Å²) >= 11 is 0. The van der Waals surface area contributed by atoms with Gasteiger partial charge in [0.2, 0.25) is 0 Å². The molecule has 20 heavy (non-hydrogen) atoms. The first kappa shape index (κ1) is 13.2. The lowest BCUT2D eigenvalue weighted by Crippen LogP contribution is -2.18. The van der Waals surface area contributed by atoms with Crippen LogP contribution in [0, 0.1) is 0 Å². The smallest absolute Gasteiger partial charge is 0.134 e. The molecule has 1 aromatic carbocycles. The van der Waals surface area contributed by atoms with Crippen LogP contribution in [-0.4, -0.2) is 31.3 Å². The molecule has 4 nitrogen and oxygen atoms in total. The maximum absolute atomic E-state index is 5.42. The van der Waals surface area contributed by atoms with E-state index in [1.807, 2.05) is 24.4 Å². The zero-order valence-corrected chi connectivity index (χ0v) is 11.9. The Morgan fingerprint density at radius 3 is 2.80 bits per heavy atom. The van der Waals surface area contributed by atoms with Gasteiger partial charge in [-0.2, -0.15) is 0 Å². The Labute approximate surface area is 119 Å². The number of nitrogens with one attached hydrogen (secondary N) is 1. The van der Waals surface area contributed by atoms with Crippen LogP contribution in [0.5, 0.6) is 5.75 Å². The Balaban J connectivity index is 1.88. The van der Waals surface area contributed by atoms with Crippen molar-refractivity contribution in [1.29, 1.82) is 0 Å². The van der Waals surface area contributed by atoms with Crippen LogP contribution in [0.3, 0.4) is 0 Å². The first-order chi connectivity index (χ1) is 9.81.